The van der Waals surface area contributed by atoms with Gasteiger partial charge in [-0.15, -0.1) is 0 Å². The van der Waals surface area contributed by atoms with Crippen LogP contribution in [0.5, 0.6) is 0 Å². The van der Waals surface area contributed by atoms with Gasteiger partial charge in [-0.25, -0.2) is 0 Å². The number of nitrogens with two attached hydrogens (primary N) is 1. The molecule has 5 heteroatoms. The SMILES string of the molecule is CCCC.N[C@@H](CC(=O)O)C(=O)O. The summed E-state index contributed by atoms with van der Waals surface area (Å²) in [6.45, 7) is 4.36. The van der Waals surface area contributed by atoms with Crippen LogP contribution in [0.3, 0.4) is 0 Å². The third-order valence-corrected chi connectivity index (χ3v) is 1.21. The summed E-state index contributed by atoms with van der Waals surface area (Å²) in [5.74, 6) is -2.50. The molecule has 0 fully saturated rings. The van der Waals surface area contributed by atoms with E-state index in [4.69, 9.17) is 15.9 Å². The van der Waals surface area contributed by atoms with Crippen molar-refractivity contribution in [2.45, 2.75) is 39.2 Å². The molecule has 0 radical (unpaired) electrons. The second-order valence-electron chi connectivity index (χ2n) is 2.54. The van der Waals surface area contributed by atoms with Crippen molar-refractivity contribution in [1.82, 2.24) is 0 Å². The van der Waals surface area contributed by atoms with Crippen LogP contribution in [0.25, 0.3) is 0 Å². The lowest BCUT2D eigenvalue weighted by Gasteiger charge is -1.99. The Bertz CT molecular complexity index is 156. The van der Waals surface area contributed by atoms with Crippen molar-refractivity contribution in [3.63, 3.8) is 0 Å². The summed E-state index contributed by atoms with van der Waals surface area (Å²) in [5.41, 5.74) is 4.84. The van der Waals surface area contributed by atoms with E-state index in [1.165, 1.54) is 12.8 Å². The van der Waals surface area contributed by atoms with E-state index in [1.807, 2.05) is 0 Å². The molecule has 0 aromatic carbocycles. The molecule has 0 aromatic rings. The second-order valence-corrected chi connectivity index (χ2v) is 2.54. The highest BCUT2D eigenvalue weighted by Gasteiger charge is 2.14. The highest BCUT2D eigenvalue weighted by Crippen LogP contribution is 1.86. The van der Waals surface area contributed by atoms with Crippen molar-refractivity contribution in [1.29, 1.82) is 0 Å². The van der Waals surface area contributed by atoms with Gasteiger partial charge in [-0.3, -0.25) is 9.59 Å². The molecule has 0 saturated carbocycles. The predicted molar refractivity (Wildman–Crippen MR) is 48.4 cm³/mol. The maximum atomic E-state index is 9.85. The van der Waals surface area contributed by atoms with Crippen LogP contribution in [0.4, 0.5) is 0 Å². The standard InChI is InChI=1S/C4H7NO4.C4H10/c5-2(4(8)9)1-3(6)7;1-3-4-2/h2H,1,5H2,(H,6,7)(H,8,9);3-4H2,1-2H3/t2-;/m0./s1. The third kappa shape index (κ3) is 13.8. The largest absolute Gasteiger partial charge is 0.481 e. The van der Waals surface area contributed by atoms with Crippen LogP contribution in [0.15, 0.2) is 0 Å². The zero-order valence-electron chi connectivity index (χ0n) is 7.99. The number of hydrogen-bond acceptors (Lipinski definition) is 3. The molecular weight excluding hydrogens is 174 g/mol. The molecule has 5 nitrogen and oxygen atoms in total. The molecule has 0 aromatic heterocycles. The van der Waals surface area contributed by atoms with Crippen molar-refractivity contribution < 1.29 is 19.8 Å². The van der Waals surface area contributed by atoms with E-state index in [9.17, 15) is 9.59 Å². The Labute approximate surface area is 77.6 Å². The topological polar surface area (TPSA) is 101 Å². The highest BCUT2D eigenvalue weighted by molar-refractivity contribution is 5.80. The molecule has 1 atom stereocenters. The molecule has 0 rings (SSSR count). The Morgan fingerprint density at radius 2 is 1.62 bits per heavy atom. The fourth-order valence-electron chi connectivity index (χ4n) is 0.275. The number of aliphatic carboxylic acids is 2. The minimum atomic E-state index is -1.29. The molecule has 4 N–H and O–H groups in total. The van der Waals surface area contributed by atoms with Crippen LogP contribution in [-0.4, -0.2) is 28.2 Å². The Balaban J connectivity index is 0. The molecule has 0 saturated heterocycles. The molecular formula is C8H17NO4. The normalized spacial score (nSPS) is 11.0. The zero-order valence-corrected chi connectivity index (χ0v) is 7.99. The molecule has 0 unspecified atom stereocenters. The number of carboxylic acid groups (broad SMARTS) is 2. The van der Waals surface area contributed by atoms with Gasteiger partial charge in [0.2, 0.25) is 0 Å². The molecule has 0 aliphatic rings. The minimum Gasteiger partial charge on any atom is -0.481 e. The first kappa shape index (κ1) is 14.4. The summed E-state index contributed by atoms with van der Waals surface area (Å²) in [7, 11) is 0. The van der Waals surface area contributed by atoms with Gasteiger partial charge in [-0.2, -0.15) is 0 Å². The summed E-state index contributed by atoms with van der Waals surface area (Å²) >= 11 is 0. The van der Waals surface area contributed by atoms with Gasteiger partial charge in [-0.05, 0) is 0 Å². The zero-order chi connectivity index (χ0) is 10.9. The number of carbonyl (C=O) groups is 2. The lowest BCUT2D eigenvalue weighted by Crippen LogP contribution is -2.32. The van der Waals surface area contributed by atoms with Gasteiger partial charge < -0.3 is 15.9 Å². The minimum absolute atomic E-state index is 0.532. The van der Waals surface area contributed by atoms with Crippen molar-refractivity contribution >= 4 is 11.9 Å². The maximum Gasteiger partial charge on any atom is 0.321 e. The molecule has 0 spiro atoms. The molecule has 0 aliphatic carbocycles. The van der Waals surface area contributed by atoms with E-state index < -0.39 is 24.4 Å². The smallest absolute Gasteiger partial charge is 0.321 e. The van der Waals surface area contributed by atoms with Crippen LogP contribution < -0.4 is 5.73 Å². The fraction of sp³-hybridized carbons (Fsp3) is 0.750. The van der Waals surface area contributed by atoms with Crippen LogP contribution >= 0.6 is 0 Å². The molecule has 78 valence electrons. The highest BCUT2D eigenvalue weighted by atomic mass is 16.4. The predicted octanol–water partition coefficient (Wildman–Crippen LogP) is 0.679. The Kier molecular flexibility index (Phi) is 9.98. The van der Waals surface area contributed by atoms with E-state index >= 15 is 0 Å². The van der Waals surface area contributed by atoms with Gasteiger partial charge in [0.05, 0.1) is 6.42 Å². The molecule has 13 heavy (non-hydrogen) atoms. The van der Waals surface area contributed by atoms with Gasteiger partial charge in [0, 0.05) is 0 Å². The van der Waals surface area contributed by atoms with Gasteiger partial charge >= 0.3 is 11.9 Å². The maximum absolute atomic E-state index is 9.85. The Morgan fingerprint density at radius 1 is 1.23 bits per heavy atom. The summed E-state index contributed by atoms with van der Waals surface area (Å²) in [6.07, 6.45) is 2.11. The summed E-state index contributed by atoms with van der Waals surface area (Å²) < 4.78 is 0. The first-order valence-electron chi connectivity index (χ1n) is 4.15. The van der Waals surface area contributed by atoms with E-state index in [2.05, 4.69) is 13.8 Å². The number of carboxylic acids is 2. The molecule has 0 amide bonds. The monoisotopic (exact) mass is 191 g/mol. The number of rotatable bonds is 4. The first-order valence-corrected chi connectivity index (χ1v) is 4.15. The van der Waals surface area contributed by atoms with Crippen LogP contribution in [-0.2, 0) is 9.59 Å². The molecule has 0 aliphatic heterocycles. The van der Waals surface area contributed by atoms with Gasteiger partial charge in [0.25, 0.3) is 0 Å². The van der Waals surface area contributed by atoms with E-state index in [0.29, 0.717) is 0 Å². The summed E-state index contributed by atoms with van der Waals surface area (Å²) in [6, 6.07) is -1.29. The van der Waals surface area contributed by atoms with Crippen LogP contribution in [0.2, 0.25) is 0 Å². The Hall–Kier alpha value is -1.10. The van der Waals surface area contributed by atoms with Crippen molar-refractivity contribution in [2.24, 2.45) is 5.73 Å². The molecule has 0 bridgehead atoms. The summed E-state index contributed by atoms with van der Waals surface area (Å²) in [4.78, 5) is 19.6. The van der Waals surface area contributed by atoms with Crippen molar-refractivity contribution in [3.05, 3.63) is 0 Å². The third-order valence-electron chi connectivity index (χ3n) is 1.21. The van der Waals surface area contributed by atoms with Crippen molar-refractivity contribution in [3.8, 4) is 0 Å². The Morgan fingerprint density at radius 3 is 1.69 bits per heavy atom. The van der Waals surface area contributed by atoms with E-state index in [0.717, 1.165) is 0 Å². The fourth-order valence-corrected chi connectivity index (χ4v) is 0.275. The second kappa shape index (κ2) is 8.99. The lowest BCUT2D eigenvalue weighted by atomic mass is 10.2. The van der Waals surface area contributed by atoms with Crippen LogP contribution in [0, 0.1) is 0 Å². The average Bonchev–Trinajstić information content (AvgIpc) is 2.03. The quantitative estimate of drug-likeness (QED) is 0.606. The van der Waals surface area contributed by atoms with E-state index in [-0.39, 0.29) is 0 Å². The van der Waals surface area contributed by atoms with Gasteiger partial charge in [0.1, 0.15) is 6.04 Å². The summed E-state index contributed by atoms with van der Waals surface area (Å²) in [5, 5.41) is 16.0. The molecule has 0 heterocycles. The average molecular weight is 191 g/mol. The first-order chi connectivity index (χ1) is 5.95. The van der Waals surface area contributed by atoms with Crippen molar-refractivity contribution in [2.75, 3.05) is 0 Å². The van der Waals surface area contributed by atoms with Gasteiger partial charge in [-0.1, -0.05) is 26.7 Å². The number of unbranched alkanes of at least 4 members (excludes halogenated alkanes) is 1. The van der Waals surface area contributed by atoms with Gasteiger partial charge in [0.15, 0.2) is 0 Å². The van der Waals surface area contributed by atoms with E-state index in [1.54, 1.807) is 0 Å². The van der Waals surface area contributed by atoms with Crippen LogP contribution in [0.1, 0.15) is 33.1 Å². The number of hydrogen-bond donors (Lipinski definition) is 3. The lowest BCUT2D eigenvalue weighted by molar-refractivity contribution is -0.144.